The van der Waals surface area contributed by atoms with Crippen molar-refractivity contribution in [2.24, 2.45) is 0 Å². The molecule has 0 aromatic heterocycles. The zero-order valence-corrected chi connectivity index (χ0v) is 23.1. The van der Waals surface area contributed by atoms with Crippen molar-refractivity contribution >= 4 is 25.2 Å². The van der Waals surface area contributed by atoms with Gasteiger partial charge in [-0.3, -0.25) is 4.90 Å². The summed E-state index contributed by atoms with van der Waals surface area (Å²) in [6.07, 6.45) is -0.966. The Hall–Kier alpha value is -1.93. The number of hydrogen-bond donors (Lipinski definition) is 2. The normalized spacial score (nSPS) is 24.0. The zero-order chi connectivity index (χ0) is 25.7. The van der Waals surface area contributed by atoms with Crippen molar-refractivity contribution in [1.82, 2.24) is 4.90 Å². The van der Waals surface area contributed by atoms with E-state index in [-0.39, 0.29) is 18.2 Å². The van der Waals surface area contributed by atoms with E-state index >= 15 is 0 Å². The van der Waals surface area contributed by atoms with Gasteiger partial charge in [-0.15, -0.1) is 0 Å². The first-order valence-corrected chi connectivity index (χ1v) is 14.9. The van der Waals surface area contributed by atoms with Crippen molar-refractivity contribution in [2.45, 2.75) is 96.6 Å². The van der Waals surface area contributed by atoms with Gasteiger partial charge in [0.15, 0.2) is 8.32 Å². The molecular weight excluding hydrogens is 446 g/mol. The van der Waals surface area contributed by atoms with Gasteiger partial charge in [-0.25, -0.2) is 4.79 Å². The third kappa shape index (κ3) is 5.03. The lowest BCUT2D eigenvalue weighted by Crippen LogP contribution is -2.49. The molecule has 188 valence electrons. The first-order chi connectivity index (χ1) is 15.5. The quantitative estimate of drug-likeness (QED) is 0.536. The van der Waals surface area contributed by atoms with Crippen LogP contribution in [-0.2, 0) is 15.8 Å². The molecule has 1 unspecified atom stereocenters. The van der Waals surface area contributed by atoms with Gasteiger partial charge < -0.3 is 19.4 Å². The Morgan fingerprint density at radius 2 is 1.68 bits per heavy atom. The highest BCUT2D eigenvalue weighted by Gasteiger charge is 2.56. The molecule has 7 heteroatoms. The summed E-state index contributed by atoms with van der Waals surface area (Å²) in [4.78, 5) is 14.6. The van der Waals surface area contributed by atoms with Crippen molar-refractivity contribution in [2.75, 3.05) is 6.54 Å². The summed E-state index contributed by atoms with van der Waals surface area (Å²) in [5.74, 6) is -0.494. The van der Waals surface area contributed by atoms with Gasteiger partial charge in [-0.1, -0.05) is 57.2 Å². The third-order valence-electron chi connectivity index (χ3n) is 7.29. The van der Waals surface area contributed by atoms with Crippen LogP contribution in [-0.4, -0.2) is 53.5 Å². The van der Waals surface area contributed by atoms with Crippen LogP contribution >= 0.6 is 0 Å². The van der Waals surface area contributed by atoms with E-state index < -0.39 is 37.8 Å². The number of hydrogen-bond acceptors (Lipinski definition) is 5. The fourth-order valence-electron chi connectivity index (χ4n) is 4.52. The molecule has 2 aromatic rings. The fraction of sp³-hybridized carbons (Fsp3) is 0.593. The maximum Gasteiger partial charge on any atom is 0.412 e. The average Bonchev–Trinajstić information content (AvgIpc) is 2.94. The number of carbonyl (C=O) groups excluding carboxylic acids is 1. The monoisotopic (exact) mass is 487 g/mol. The number of rotatable bonds is 4. The molecule has 2 aromatic carbocycles. The molecule has 1 amide bonds. The topological polar surface area (TPSA) is 79.2 Å². The summed E-state index contributed by atoms with van der Waals surface area (Å²) < 4.78 is 12.5. The second kappa shape index (κ2) is 8.93. The largest absolute Gasteiger partial charge is 0.444 e. The Morgan fingerprint density at radius 3 is 2.21 bits per heavy atom. The molecule has 0 spiro atoms. The standard InChI is InChI=1S/C27H41NO5Si/c1-25(2,3)32-24(30)28-16-22(33-34(8,9)26(4,5)6)23(27(28,7)31)21-15-14-18(17-29)19-12-10-11-13-20(19)21/h10-15,22-23,29,31H,16-17H2,1-9H3/t22-,23?,27-/m0/s1. The van der Waals surface area contributed by atoms with Crippen molar-refractivity contribution in [3.8, 4) is 0 Å². The zero-order valence-electron chi connectivity index (χ0n) is 22.1. The Bertz CT molecular complexity index is 1050. The first-order valence-electron chi connectivity index (χ1n) is 12.0. The van der Waals surface area contributed by atoms with Crippen LogP contribution < -0.4 is 0 Å². The second-order valence-corrected chi connectivity index (χ2v) is 16.9. The summed E-state index contributed by atoms with van der Waals surface area (Å²) in [6.45, 7) is 18.2. The van der Waals surface area contributed by atoms with Gasteiger partial charge in [0.05, 0.1) is 25.2 Å². The van der Waals surface area contributed by atoms with Crippen LogP contribution in [0.5, 0.6) is 0 Å². The Balaban J connectivity index is 2.16. The van der Waals surface area contributed by atoms with Crippen molar-refractivity contribution in [3.05, 3.63) is 47.5 Å². The molecule has 1 saturated heterocycles. The summed E-state index contributed by atoms with van der Waals surface area (Å²) >= 11 is 0. The van der Waals surface area contributed by atoms with Crippen molar-refractivity contribution in [1.29, 1.82) is 0 Å². The number of amides is 1. The molecule has 3 atom stereocenters. The van der Waals surface area contributed by atoms with Crippen molar-refractivity contribution in [3.63, 3.8) is 0 Å². The van der Waals surface area contributed by atoms with E-state index in [0.717, 1.165) is 21.9 Å². The first kappa shape index (κ1) is 26.7. The van der Waals surface area contributed by atoms with Gasteiger partial charge in [0.2, 0.25) is 0 Å². The van der Waals surface area contributed by atoms with Gasteiger partial charge in [0, 0.05) is 0 Å². The number of ether oxygens (including phenoxy) is 1. The minimum atomic E-state index is -2.23. The molecule has 2 N–H and O–H groups in total. The number of aliphatic hydroxyl groups is 2. The molecule has 0 aliphatic carbocycles. The van der Waals surface area contributed by atoms with Crippen LogP contribution in [0, 0.1) is 0 Å². The van der Waals surface area contributed by atoms with Crippen LogP contribution in [0.2, 0.25) is 18.1 Å². The molecule has 6 nitrogen and oxygen atoms in total. The van der Waals surface area contributed by atoms with Crippen LogP contribution in [0.1, 0.15) is 65.5 Å². The molecule has 1 aliphatic rings. The second-order valence-electron chi connectivity index (χ2n) is 12.1. The minimum Gasteiger partial charge on any atom is -0.444 e. The van der Waals surface area contributed by atoms with Crippen LogP contribution in [0.25, 0.3) is 10.8 Å². The lowest BCUT2D eigenvalue weighted by atomic mass is 9.84. The van der Waals surface area contributed by atoms with E-state index in [0.29, 0.717) is 0 Å². The highest BCUT2D eigenvalue weighted by atomic mass is 28.4. The Morgan fingerprint density at radius 1 is 1.09 bits per heavy atom. The predicted molar refractivity (Wildman–Crippen MR) is 138 cm³/mol. The summed E-state index contributed by atoms with van der Waals surface area (Å²) in [5.41, 5.74) is -0.495. The lowest BCUT2D eigenvalue weighted by molar-refractivity contribution is -0.0814. The number of carbonyl (C=O) groups is 1. The molecule has 1 heterocycles. The minimum absolute atomic E-state index is 0.0362. The lowest BCUT2D eigenvalue weighted by Gasteiger charge is -2.40. The van der Waals surface area contributed by atoms with Crippen molar-refractivity contribution < 1.29 is 24.2 Å². The summed E-state index contributed by atoms with van der Waals surface area (Å²) in [7, 11) is -2.23. The van der Waals surface area contributed by atoms with Crippen LogP contribution in [0.4, 0.5) is 4.79 Å². The molecule has 0 radical (unpaired) electrons. The Kier molecular flexibility index (Phi) is 7.01. The highest BCUT2D eigenvalue weighted by molar-refractivity contribution is 6.74. The average molecular weight is 488 g/mol. The van der Waals surface area contributed by atoms with E-state index in [2.05, 4.69) is 33.9 Å². The number of fused-ring (bicyclic) bond motifs is 1. The van der Waals surface area contributed by atoms with Gasteiger partial charge in [0.1, 0.15) is 11.3 Å². The molecule has 3 rings (SSSR count). The summed E-state index contributed by atoms with van der Waals surface area (Å²) in [6, 6.07) is 11.7. The van der Waals surface area contributed by atoms with E-state index in [1.54, 1.807) is 6.92 Å². The molecule has 1 fully saturated rings. The molecule has 34 heavy (non-hydrogen) atoms. The molecular formula is C27H41NO5Si. The smallest absolute Gasteiger partial charge is 0.412 e. The molecule has 0 bridgehead atoms. The van der Waals surface area contributed by atoms with Crippen LogP contribution in [0.15, 0.2) is 36.4 Å². The van der Waals surface area contributed by atoms with E-state index in [1.165, 1.54) is 4.90 Å². The van der Waals surface area contributed by atoms with Gasteiger partial charge >= 0.3 is 6.09 Å². The summed E-state index contributed by atoms with van der Waals surface area (Å²) in [5, 5.41) is 23.6. The SMILES string of the molecule is CC(C)(C)OC(=O)N1C[C@H](O[Si](C)(C)C(C)(C)C)C(c2ccc(CO)c3ccccc23)[C@]1(C)O. The predicted octanol–water partition coefficient (Wildman–Crippen LogP) is 5.77. The van der Waals surface area contributed by atoms with Gasteiger partial charge in [0.25, 0.3) is 0 Å². The number of aliphatic hydroxyl groups excluding tert-OH is 1. The molecule has 0 saturated carbocycles. The number of benzene rings is 2. The molecule has 1 aliphatic heterocycles. The van der Waals surface area contributed by atoms with Gasteiger partial charge in [-0.05, 0) is 67.7 Å². The Labute approximate surface area is 205 Å². The maximum absolute atomic E-state index is 13.2. The van der Waals surface area contributed by atoms with E-state index in [1.807, 2.05) is 57.2 Å². The van der Waals surface area contributed by atoms with E-state index in [9.17, 15) is 15.0 Å². The van der Waals surface area contributed by atoms with Gasteiger partial charge in [-0.2, -0.15) is 0 Å². The fourth-order valence-corrected chi connectivity index (χ4v) is 5.84. The maximum atomic E-state index is 13.2. The third-order valence-corrected chi connectivity index (χ3v) is 11.8. The van der Waals surface area contributed by atoms with E-state index in [4.69, 9.17) is 9.16 Å². The van der Waals surface area contributed by atoms with Crippen LogP contribution in [0.3, 0.4) is 0 Å². The number of nitrogens with zero attached hydrogens (tertiary/aromatic N) is 1. The highest BCUT2D eigenvalue weighted by Crippen LogP contribution is 2.48. The number of likely N-dealkylation sites (tertiary alicyclic amines) is 1.